The van der Waals surface area contributed by atoms with Crippen molar-refractivity contribution in [2.45, 2.75) is 0 Å². The molecule has 1 heterocycles. The molecule has 1 aliphatic heterocycles. The van der Waals surface area contributed by atoms with Crippen molar-refractivity contribution in [3.8, 4) is 0 Å². The summed E-state index contributed by atoms with van der Waals surface area (Å²) in [5.41, 5.74) is 10.3. The van der Waals surface area contributed by atoms with Crippen molar-refractivity contribution in [1.82, 2.24) is 0 Å². The van der Waals surface area contributed by atoms with Gasteiger partial charge in [-0.15, -0.1) is 0 Å². The van der Waals surface area contributed by atoms with Crippen LogP contribution in [0.1, 0.15) is 0 Å². The molecular formula is C2H9N2OP. The molecule has 0 amide bonds. The molecule has 0 saturated carbocycles. The predicted molar refractivity (Wildman–Crippen MR) is 27.2 cm³/mol. The second-order valence-electron chi connectivity index (χ2n) is 2.06. The Hall–Kier alpha value is 0.310. The third-order valence-corrected chi connectivity index (χ3v) is 2.82. The zero-order valence-corrected chi connectivity index (χ0v) is 4.36. The third-order valence-electron chi connectivity index (χ3n) is 0.940. The summed E-state index contributed by atoms with van der Waals surface area (Å²) in [4.78, 5) is 8.78. The van der Waals surface area contributed by atoms with Gasteiger partial charge >= 0.3 is 35.4 Å². The normalized spacial score (nSPS) is 42.8. The van der Waals surface area contributed by atoms with E-state index < -0.39 is 7.13 Å². The fourth-order valence-corrected chi connectivity index (χ4v) is 1.44. The second kappa shape index (κ2) is 0.651. The Bertz CT molecular complexity index is 75.3. The van der Waals surface area contributed by atoms with Crippen molar-refractivity contribution in [1.29, 1.82) is 0 Å². The zero-order valence-electron chi connectivity index (χ0n) is 3.46. The minimum absolute atomic E-state index is 0.658. The molecule has 4 heteroatoms. The summed E-state index contributed by atoms with van der Waals surface area (Å²) in [5, 5.41) is 0. The SMILES string of the molecule is NP1(N)(O)CC1. The molecule has 1 rings (SSSR count). The molecule has 5 N–H and O–H groups in total. The van der Waals surface area contributed by atoms with E-state index in [2.05, 4.69) is 0 Å². The summed E-state index contributed by atoms with van der Waals surface area (Å²) >= 11 is 0. The Labute approximate surface area is 36.4 Å². The fraction of sp³-hybridized carbons (Fsp3) is 1.00. The molecule has 0 spiro atoms. The molecule has 0 aromatic rings. The van der Waals surface area contributed by atoms with Gasteiger partial charge in [-0.25, -0.2) is 0 Å². The van der Waals surface area contributed by atoms with Gasteiger partial charge in [0.05, 0.1) is 0 Å². The standard InChI is InChI=1S/C2H9N2OP/c3-6(4,5)1-2-6/h5H,1-4H2. The third kappa shape index (κ3) is 0.884. The minimum atomic E-state index is -2.80. The van der Waals surface area contributed by atoms with Crippen LogP contribution >= 0.6 is 7.13 Å². The zero-order chi connectivity index (χ0) is 4.86. The van der Waals surface area contributed by atoms with E-state index in [-0.39, 0.29) is 0 Å². The van der Waals surface area contributed by atoms with Crippen LogP contribution in [0, 0.1) is 0 Å². The summed E-state index contributed by atoms with van der Waals surface area (Å²) < 4.78 is 0. The predicted octanol–water partition coefficient (Wildman–Crippen LogP) is -0.792. The van der Waals surface area contributed by atoms with Gasteiger partial charge < -0.3 is 0 Å². The molecule has 1 aliphatic rings. The van der Waals surface area contributed by atoms with Crippen molar-refractivity contribution in [3.63, 3.8) is 0 Å². The molecule has 38 valence electrons. The summed E-state index contributed by atoms with van der Waals surface area (Å²) in [7, 11) is -2.80. The van der Waals surface area contributed by atoms with Gasteiger partial charge in [-0.05, 0) is 0 Å². The number of rotatable bonds is 0. The van der Waals surface area contributed by atoms with Crippen molar-refractivity contribution in [2.75, 3.05) is 12.3 Å². The van der Waals surface area contributed by atoms with Crippen LogP contribution in [0.3, 0.4) is 0 Å². The average molecular weight is 108 g/mol. The van der Waals surface area contributed by atoms with Gasteiger partial charge in [0, 0.05) is 0 Å². The van der Waals surface area contributed by atoms with Crippen LogP contribution in [-0.2, 0) is 0 Å². The van der Waals surface area contributed by atoms with Gasteiger partial charge in [-0.3, -0.25) is 0 Å². The molecule has 6 heavy (non-hydrogen) atoms. The first-order valence-corrected chi connectivity index (χ1v) is 4.55. The number of hydrogen-bond acceptors (Lipinski definition) is 3. The number of hydrogen-bond donors (Lipinski definition) is 3. The summed E-state index contributed by atoms with van der Waals surface area (Å²) in [6.07, 6.45) is 1.32. The maximum atomic E-state index is 8.78. The molecular weight excluding hydrogens is 99.0 g/mol. The van der Waals surface area contributed by atoms with Crippen molar-refractivity contribution in [3.05, 3.63) is 0 Å². The first kappa shape index (κ1) is 4.47. The Morgan fingerprint density at radius 1 is 1.33 bits per heavy atom. The Morgan fingerprint density at radius 3 is 1.50 bits per heavy atom. The molecule has 0 aliphatic carbocycles. The van der Waals surface area contributed by atoms with Crippen LogP contribution in [0.4, 0.5) is 0 Å². The van der Waals surface area contributed by atoms with Crippen LogP contribution in [0.2, 0.25) is 0 Å². The van der Waals surface area contributed by atoms with E-state index >= 15 is 0 Å². The van der Waals surface area contributed by atoms with Gasteiger partial charge in [0.25, 0.3) is 0 Å². The van der Waals surface area contributed by atoms with Gasteiger partial charge in [0.2, 0.25) is 0 Å². The van der Waals surface area contributed by atoms with E-state index in [0.29, 0.717) is 12.3 Å². The van der Waals surface area contributed by atoms with E-state index in [1.165, 1.54) is 0 Å². The first-order valence-electron chi connectivity index (χ1n) is 1.85. The Balaban J connectivity index is 2.67. The monoisotopic (exact) mass is 108 g/mol. The molecule has 0 atom stereocenters. The van der Waals surface area contributed by atoms with Gasteiger partial charge in [0.1, 0.15) is 0 Å². The van der Waals surface area contributed by atoms with Crippen LogP contribution in [0.5, 0.6) is 0 Å². The van der Waals surface area contributed by atoms with E-state index in [1.54, 1.807) is 0 Å². The van der Waals surface area contributed by atoms with E-state index in [9.17, 15) is 0 Å². The van der Waals surface area contributed by atoms with E-state index in [1.807, 2.05) is 0 Å². The molecule has 0 radical (unpaired) electrons. The first-order chi connectivity index (χ1) is 2.47. The topological polar surface area (TPSA) is 72.3 Å². The molecule has 0 bridgehead atoms. The number of nitrogens with two attached hydrogens (primary N) is 2. The Kier molecular flexibility index (Phi) is 0.485. The molecule has 0 aromatic carbocycles. The summed E-state index contributed by atoms with van der Waals surface area (Å²) in [6.45, 7) is 0. The second-order valence-corrected chi connectivity index (χ2v) is 6.19. The van der Waals surface area contributed by atoms with Crippen molar-refractivity contribution < 1.29 is 4.89 Å². The summed E-state index contributed by atoms with van der Waals surface area (Å²) in [5.74, 6) is 0. The molecule has 1 saturated heterocycles. The van der Waals surface area contributed by atoms with E-state index in [4.69, 9.17) is 15.9 Å². The van der Waals surface area contributed by atoms with Crippen LogP contribution in [0.25, 0.3) is 0 Å². The quantitative estimate of drug-likeness (QED) is 0.356. The molecule has 0 unspecified atom stereocenters. The van der Waals surface area contributed by atoms with Gasteiger partial charge in [0.15, 0.2) is 0 Å². The van der Waals surface area contributed by atoms with Crippen LogP contribution in [-0.4, -0.2) is 17.2 Å². The van der Waals surface area contributed by atoms with Crippen molar-refractivity contribution in [2.24, 2.45) is 11.0 Å². The molecule has 0 aromatic heterocycles. The van der Waals surface area contributed by atoms with E-state index in [0.717, 1.165) is 0 Å². The average Bonchev–Trinajstić information content (AvgIpc) is 1.73. The maximum absolute atomic E-state index is 8.78. The van der Waals surface area contributed by atoms with Crippen molar-refractivity contribution >= 4 is 7.13 Å². The van der Waals surface area contributed by atoms with Gasteiger partial charge in [-0.2, -0.15) is 0 Å². The van der Waals surface area contributed by atoms with Crippen LogP contribution in [0.15, 0.2) is 0 Å². The molecule has 1 fully saturated rings. The molecule has 3 nitrogen and oxygen atoms in total. The summed E-state index contributed by atoms with van der Waals surface area (Å²) in [6, 6.07) is 0. The Morgan fingerprint density at radius 2 is 1.50 bits per heavy atom. The fourth-order valence-electron chi connectivity index (χ4n) is 0.160. The van der Waals surface area contributed by atoms with Gasteiger partial charge in [-0.1, -0.05) is 0 Å². The van der Waals surface area contributed by atoms with Crippen LogP contribution < -0.4 is 11.0 Å².